The minimum atomic E-state index is 0.663. The van der Waals surface area contributed by atoms with Crippen LogP contribution in [-0.2, 0) is 0 Å². The molecule has 0 saturated heterocycles. The molecule has 2 unspecified atom stereocenters. The predicted molar refractivity (Wildman–Crippen MR) is 64.6 cm³/mol. The van der Waals surface area contributed by atoms with Crippen LogP contribution in [0.5, 0.6) is 0 Å². The standard InChI is InChI=1S/C12H28N2/c1-7-13-8-11(4)12(5)14(6)9-10(2)3/h10-13H,7-9H2,1-6H3. The molecule has 0 heterocycles. The molecule has 0 aliphatic rings. The van der Waals surface area contributed by atoms with Gasteiger partial charge in [0.1, 0.15) is 0 Å². The molecule has 86 valence electrons. The van der Waals surface area contributed by atoms with E-state index in [4.69, 9.17) is 0 Å². The Bertz CT molecular complexity index is 134. The lowest BCUT2D eigenvalue weighted by Gasteiger charge is -2.31. The van der Waals surface area contributed by atoms with Gasteiger partial charge in [0.15, 0.2) is 0 Å². The van der Waals surface area contributed by atoms with Crippen LogP contribution in [0, 0.1) is 11.8 Å². The first kappa shape index (κ1) is 13.9. The van der Waals surface area contributed by atoms with E-state index in [0.29, 0.717) is 6.04 Å². The molecule has 0 saturated carbocycles. The van der Waals surface area contributed by atoms with Gasteiger partial charge in [-0.25, -0.2) is 0 Å². The highest BCUT2D eigenvalue weighted by molar-refractivity contribution is 4.72. The van der Waals surface area contributed by atoms with E-state index >= 15 is 0 Å². The van der Waals surface area contributed by atoms with E-state index in [9.17, 15) is 0 Å². The molecule has 0 radical (unpaired) electrons. The maximum atomic E-state index is 3.41. The zero-order valence-electron chi connectivity index (χ0n) is 10.8. The monoisotopic (exact) mass is 200 g/mol. The summed E-state index contributed by atoms with van der Waals surface area (Å²) in [4.78, 5) is 2.46. The molecule has 0 rings (SSSR count). The summed E-state index contributed by atoms with van der Waals surface area (Å²) < 4.78 is 0. The predicted octanol–water partition coefficient (Wildman–Crippen LogP) is 2.21. The second-order valence-corrected chi connectivity index (χ2v) is 4.86. The number of nitrogens with one attached hydrogen (secondary N) is 1. The van der Waals surface area contributed by atoms with E-state index in [1.165, 1.54) is 6.54 Å². The molecule has 2 heteroatoms. The summed E-state index contributed by atoms with van der Waals surface area (Å²) in [5.74, 6) is 1.48. The molecule has 0 bridgehead atoms. The van der Waals surface area contributed by atoms with Gasteiger partial charge in [0.2, 0.25) is 0 Å². The lowest BCUT2D eigenvalue weighted by molar-refractivity contribution is 0.178. The molecule has 2 nitrogen and oxygen atoms in total. The van der Waals surface area contributed by atoms with Crippen molar-refractivity contribution in [2.24, 2.45) is 11.8 Å². The van der Waals surface area contributed by atoms with E-state index in [-0.39, 0.29) is 0 Å². The van der Waals surface area contributed by atoms with E-state index in [2.05, 4.69) is 51.9 Å². The first-order valence-corrected chi connectivity index (χ1v) is 5.90. The van der Waals surface area contributed by atoms with Gasteiger partial charge in [0.25, 0.3) is 0 Å². The van der Waals surface area contributed by atoms with Crippen LogP contribution >= 0.6 is 0 Å². The summed E-state index contributed by atoms with van der Waals surface area (Å²) in [7, 11) is 2.23. The second-order valence-electron chi connectivity index (χ2n) is 4.86. The highest BCUT2D eigenvalue weighted by Crippen LogP contribution is 2.10. The van der Waals surface area contributed by atoms with Gasteiger partial charge in [0.05, 0.1) is 0 Å². The smallest absolute Gasteiger partial charge is 0.0102 e. The lowest BCUT2D eigenvalue weighted by atomic mass is 10.0. The minimum absolute atomic E-state index is 0.663. The van der Waals surface area contributed by atoms with Crippen LogP contribution in [0.3, 0.4) is 0 Å². The highest BCUT2D eigenvalue weighted by atomic mass is 15.1. The third kappa shape index (κ3) is 5.61. The fourth-order valence-corrected chi connectivity index (χ4v) is 1.72. The molecular formula is C12H28N2. The van der Waals surface area contributed by atoms with Crippen molar-refractivity contribution in [3.63, 3.8) is 0 Å². The van der Waals surface area contributed by atoms with E-state index < -0.39 is 0 Å². The Balaban J connectivity index is 3.84. The molecule has 2 atom stereocenters. The van der Waals surface area contributed by atoms with E-state index in [1.807, 2.05) is 0 Å². The van der Waals surface area contributed by atoms with Gasteiger partial charge >= 0.3 is 0 Å². The van der Waals surface area contributed by atoms with Gasteiger partial charge in [-0.15, -0.1) is 0 Å². The Kier molecular flexibility index (Phi) is 7.20. The van der Waals surface area contributed by atoms with Gasteiger partial charge in [-0.05, 0) is 38.9 Å². The third-order valence-corrected chi connectivity index (χ3v) is 2.89. The summed E-state index contributed by atoms with van der Waals surface area (Å²) in [5, 5.41) is 3.41. The Labute approximate surface area is 90.1 Å². The van der Waals surface area contributed by atoms with Crippen LogP contribution in [0.2, 0.25) is 0 Å². The SMILES string of the molecule is CCNCC(C)C(C)N(C)CC(C)C. The number of hydrogen-bond acceptors (Lipinski definition) is 2. The number of rotatable bonds is 7. The molecule has 0 aromatic rings. The Morgan fingerprint density at radius 3 is 2.14 bits per heavy atom. The molecule has 14 heavy (non-hydrogen) atoms. The number of nitrogens with zero attached hydrogens (tertiary/aromatic N) is 1. The summed E-state index contributed by atoms with van der Waals surface area (Å²) in [5.41, 5.74) is 0. The van der Waals surface area contributed by atoms with Crippen molar-refractivity contribution in [2.45, 2.75) is 40.7 Å². The van der Waals surface area contributed by atoms with Crippen LogP contribution in [0.1, 0.15) is 34.6 Å². The Morgan fingerprint density at radius 1 is 1.14 bits per heavy atom. The van der Waals surface area contributed by atoms with Gasteiger partial charge in [-0.2, -0.15) is 0 Å². The molecule has 0 amide bonds. The zero-order valence-corrected chi connectivity index (χ0v) is 10.8. The summed E-state index contributed by atoms with van der Waals surface area (Å²) in [6.45, 7) is 14.8. The van der Waals surface area contributed by atoms with Gasteiger partial charge in [-0.1, -0.05) is 27.7 Å². The van der Waals surface area contributed by atoms with Crippen molar-refractivity contribution < 1.29 is 0 Å². The van der Waals surface area contributed by atoms with Crippen molar-refractivity contribution in [2.75, 3.05) is 26.7 Å². The average molecular weight is 200 g/mol. The van der Waals surface area contributed by atoms with Crippen molar-refractivity contribution in [3.05, 3.63) is 0 Å². The van der Waals surface area contributed by atoms with Crippen molar-refractivity contribution in [3.8, 4) is 0 Å². The van der Waals surface area contributed by atoms with E-state index in [1.54, 1.807) is 0 Å². The molecule has 0 spiro atoms. The largest absolute Gasteiger partial charge is 0.317 e. The van der Waals surface area contributed by atoms with Gasteiger partial charge in [0, 0.05) is 12.6 Å². The van der Waals surface area contributed by atoms with Crippen LogP contribution in [0.25, 0.3) is 0 Å². The molecule has 0 aromatic carbocycles. The van der Waals surface area contributed by atoms with Crippen LogP contribution < -0.4 is 5.32 Å². The first-order chi connectivity index (χ1) is 6.49. The number of hydrogen-bond donors (Lipinski definition) is 1. The van der Waals surface area contributed by atoms with Crippen molar-refractivity contribution in [1.82, 2.24) is 10.2 Å². The summed E-state index contributed by atoms with van der Waals surface area (Å²) in [6.07, 6.45) is 0. The van der Waals surface area contributed by atoms with Crippen molar-refractivity contribution >= 4 is 0 Å². The summed E-state index contributed by atoms with van der Waals surface area (Å²) >= 11 is 0. The molecule has 0 aromatic heterocycles. The Morgan fingerprint density at radius 2 is 1.71 bits per heavy atom. The normalized spacial score (nSPS) is 16.3. The lowest BCUT2D eigenvalue weighted by Crippen LogP contribution is -2.40. The molecule has 0 aliphatic carbocycles. The van der Waals surface area contributed by atoms with Crippen LogP contribution in [0.15, 0.2) is 0 Å². The fourth-order valence-electron chi connectivity index (χ4n) is 1.72. The zero-order chi connectivity index (χ0) is 11.1. The molecule has 0 aliphatic heterocycles. The quantitative estimate of drug-likeness (QED) is 0.678. The highest BCUT2D eigenvalue weighted by Gasteiger charge is 2.16. The topological polar surface area (TPSA) is 15.3 Å². The van der Waals surface area contributed by atoms with Gasteiger partial charge in [-0.3, -0.25) is 0 Å². The molecule has 1 N–H and O–H groups in total. The average Bonchev–Trinajstić information content (AvgIpc) is 2.11. The maximum absolute atomic E-state index is 3.41. The molecular weight excluding hydrogens is 172 g/mol. The molecule has 0 fully saturated rings. The Hall–Kier alpha value is -0.0800. The van der Waals surface area contributed by atoms with Crippen LogP contribution in [0.4, 0.5) is 0 Å². The minimum Gasteiger partial charge on any atom is -0.317 e. The van der Waals surface area contributed by atoms with Gasteiger partial charge < -0.3 is 10.2 Å². The fraction of sp³-hybridized carbons (Fsp3) is 1.00. The van der Waals surface area contributed by atoms with Crippen molar-refractivity contribution in [1.29, 1.82) is 0 Å². The summed E-state index contributed by atoms with van der Waals surface area (Å²) in [6, 6.07) is 0.663. The third-order valence-electron chi connectivity index (χ3n) is 2.89. The first-order valence-electron chi connectivity index (χ1n) is 5.90. The maximum Gasteiger partial charge on any atom is 0.0102 e. The van der Waals surface area contributed by atoms with E-state index in [0.717, 1.165) is 24.9 Å². The van der Waals surface area contributed by atoms with Crippen LogP contribution in [-0.4, -0.2) is 37.6 Å². The second kappa shape index (κ2) is 7.24.